The Balaban J connectivity index is 2.14. The Bertz CT molecular complexity index is 193. The molecule has 0 bridgehead atoms. The first-order valence-electron chi connectivity index (χ1n) is 5.74. The van der Waals surface area contributed by atoms with Gasteiger partial charge in [-0.2, -0.15) is 0 Å². The van der Waals surface area contributed by atoms with Gasteiger partial charge in [0.05, 0.1) is 0 Å². The standard InChI is InChI=1S/C11H22N2OS/c1-13(8-5-9-14-2)11(15)12-10-6-3-4-7-10/h10H,3-9H2,1-2H3,(H,12,15). The Morgan fingerprint density at radius 3 is 2.73 bits per heavy atom. The van der Waals surface area contributed by atoms with Crippen LogP contribution in [0.15, 0.2) is 0 Å². The molecule has 0 aliphatic heterocycles. The second kappa shape index (κ2) is 7.01. The van der Waals surface area contributed by atoms with Gasteiger partial charge >= 0.3 is 0 Å². The normalized spacial score (nSPS) is 16.7. The van der Waals surface area contributed by atoms with Crippen LogP contribution in [0.3, 0.4) is 0 Å². The summed E-state index contributed by atoms with van der Waals surface area (Å²) in [6.45, 7) is 1.77. The molecule has 1 rings (SSSR count). The van der Waals surface area contributed by atoms with Crippen LogP contribution >= 0.6 is 12.2 Å². The van der Waals surface area contributed by atoms with Crippen LogP contribution in [-0.4, -0.2) is 43.4 Å². The first kappa shape index (κ1) is 12.7. The maximum absolute atomic E-state index is 5.34. The van der Waals surface area contributed by atoms with E-state index in [4.69, 9.17) is 17.0 Å². The van der Waals surface area contributed by atoms with Crippen molar-refractivity contribution in [1.82, 2.24) is 10.2 Å². The van der Waals surface area contributed by atoms with Crippen molar-refractivity contribution in [3.63, 3.8) is 0 Å². The first-order chi connectivity index (χ1) is 7.24. The SMILES string of the molecule is COCCCN(C)C(=S)NC1CCCC1. The number of hydrogen-bond donors (Lipinski definition) is 1. The monoisotopic (exact) mass is 230 g/mol. The summed E-state index contributed by atoms with van der Waals surface area (Å²) >= 11 is 5.34. The van der Waals surface area contributed by atoms with Crippen LogP contribution in [0.2, 0.25) is 0 Å². The Labute approximate surface area is 98.2 Å². The summed E-state index contributed by atoms with van der Waals surface area (Å²) in [6.07, 6.45) is 6.25. The van der Waals surface area contributed by atoms with E-state index < -0.39 is 0 Å². The van der Waals surface area contributed by atoms with Crippen LogP contribution in [0, 0.1) is 0 Å². The van der Waals surface area contributed by atoms with E-state index in [0.717, 1.165) is 24.7 Å². The van der Waals surface area contributed by atoms with E-state index in [1.54, 1.807) is 7.11 Å². The third kappa shape index (κ3) is 4.80. The quantitative estimate of drug-likeness (QED) is 0.575. The molecule has 1 saturated carbocycles. The van der Waals surface area contributed by atoms with Gasteiger partial charge in [0.2, 0.25) is 0 Å². The minimum Gasteiger partial charge on any atom is -0.385 e. The average Bonchev–Trinajstić information content (AvgIpc) is 2.70. The highest BCUT2D eigenvalue weighted by Crippen LogP contribution is 2.17. The van der Waals surface area contributed by atoms with Crippen molar-refractivity contribution in [3.8, 4) is 0 Å². The summed E-state index contributed by atoms with van der Waals surface area (Å²) in [7, 11) is 3.77. The van der Waals surface area contributed by atoms with Crippen LogP contribution in [0.5, 0.6) is 0 Å². The molecule has 4 heteroatoms. The van der Waals surface area contributed by atoms with Gasteiger partial charge in [0.25, 0.3) is 0 Å². The maximum atomic E-state index is 5.34. The molecule has 1 N–H and O–H groups in total. The van der Waals surface area contributed by atoms with Gasteiger partial charge in [-0.25, -0.2) is 0 Å². The molecule has 0 aromatic rings. The summed E-state index contributed by atoms with van der Waals surface area (Å²) < 4.78 is 5.02. The zero-order valence-electron chi connectivity index (χ0n) is 9.79. The fourth-order valence-corrected chi connectivity index (χ4v) is 2.16. The molecular formula is C11H22N2OS. The fraction of sp³-hybridized carbons (Fsp3) is 0.909. The Hall–Kier alpha value is -0.350. The molecule has 0 aromatic heterocycles. The second-order valence-corrected chi connectivity index (χ2v) is 4.59. The number of thiocarbonyl (C=S) groups is 1. The summed E-state index contributed by atoms with van der Waals surface area (Å²) in [5.74, 6) is 0. The lowest BCUT2D eigenvalue weighted by Crippen LogP contribution is -2.42. The van der Waals surface area contributed by atoms with Crippen molar-refractivity contribution in [1.29, 1.82) is 0 Å². The van der Waals surface area contributed by atoms with Crippen molar-refractivity contribution in [2.24, 2.45) is 0 Å². The molecule has 1 fully saturated rings. The molecule has 3 nitrogen and oxygen atoms in total. The highest BCUT2D eigenvalue weighted by Gasteiger charge is 2.16. The van der Waals surface area contributed by atoms with E-state index in [1.807, 2.05) is 7.05 Å². The van der Waals surface area contributed by atoms with Gasteiger partial charge in [0.15, 0.2) is 5.11 Å². The van der Waals surface area contributed by atoms with E-state index >= 15 is 0 Å². The summed E-state index contributed by atoms with van der Waals surface area (Å²) in [5, 5.41) is 4.31. The van der Waals surface area contributed by atoms with Crippen LogP contribution in [0.25, 0.3) is 0 Å². The van der Waals surface area contributed by atoms with Crippen LogP contribution < -0.4 is 5.32 Å². The summed E-state index contributed by atoms with van der Waals surface area (Å²) in [5.41, 5.74) is 0. The lowest BCUT2D eigenvalue weighted by molar-refractivity contribution is 0.188. The zero-order valence-corrected chi connectivity index (χ0v) is 10.6. The molecular weight excluding hydrogens is 208 g/mol. The van der Waals surface area contributed by atoms with E-state index in [9.17, 15) is 0 Å². The molecule has 0 amide bonds. The average molecular weight is 230 g/mol. The second-order valence-electron chi connectivity index (χ2n) is 4.20. The lowest BCUT2D eigenvalue weighted by Gasteiger charge is -2.23. The number of hydrogen-bond acceptors (Lipinski definition) is 2. The number of rotatable bonds is 5. The van der Waals surface area contributed by atoms with E-state index in [2.05, 4.69) is 10.2 Å². The predicted octanol–water partition coefficient (Wildman–Crippen LogP) is 1.77. The lowest BCUT2D eigenvalue weighted by atomic mass is 10.2. The molecule has 0 aromatic carbocycles. The van der Waals surface area contributed by atoms with E-state index in [1.165, 1.54) is 25.7 Å². The highest BCUT2D eigenvalue weighted by atomic mass is 32.1. The fourth-order valence-electron chi connectivity index (χ4n) is 1.90. The van der Waals surface area contributed by atoms with Crippen molar-refractivity contribution >= 4 is 17.3 Å². The van der Waals surface area contributed by atoms with Crippen molar-refractivity contribution in [2.75, 3.05) is 27.3 Å². The minimum atomic E-state index is 0.613. The molecule has 0 heterocycles. The third-order valence-electron chi connectivity index (χ3n) is 2.87. The molecule has 0 radical (unpaired) electrons. The predicted molar refractivity (Wildman–Crippen MR) is 67.1 cm³/mol. The minimum absolute atomic E-state index is 0.613. The molecule has 1 aliphatic rings. The van der Waals surface area contributed by atoms with Crippen LogP contribution in [0.1, 0.15) is 32.1 Å². The largest absolute Gasteiger partial charge is 0.385 e. The molecule has 1 aliphatic carbocycles. The van der Waals surface area contributed by atoms with Crippen LogP contribution in [0.4, 0.5) is 0 Å². The Morgan fingerprint density at radius 1 is 1.47 bits per heavy atom. The van der Waals surface area contributed by atoms with Gasteiger partial charge in [-0.1, -0.05) is 12.8 Å². The topological polar surface area (TPSA) is 24.5 Å². The van der Waals surface area contributed by atoms with Gasteiger partial charge in [-0.05, 0) is 31.5 Å². The molecule has 0 spiro atoms. The number of nitrogens with one attached hydrogen (secondary N) is 1. The van der Waals surface area contributed by atoms with Gasteiger partial charge in [0, 0.05) is 33.4 Å². The van der Waals surface area contributed by atoms with E-state index in [-0.39, 0.29) is 0 Å². The van der Waals surface area contributed by atoms with Crippen molar-refractivity contribution < 1.29 is 4.74 Å². The third-order valence-corrected chi connectivity index (χ3v) is 3.30. The zero-order chi connectivity index (χ0) is 11.1. The molecule has 88 valence electrons. The highest BCUT2D eigenvalue weighted by molar-refractivity contribution is 7.80. The summed E-state index contributed by atoms with van der Waals surface area (Å²) in [4.78, 5) is 2.10. The number of methoxy groups -OCH3 is 1. The molecule has 0 saturated heterocycles. The van der Waals surface area contributed by atoms with Gasteiger partial charge in [0.1, 0.15) is 0 Å². The number of ether oxygens (including phenoxy) is 1. The summed E-state index contributed by atoms with van der Waals surface area (Å²) in [6, 6.07) is 0.613. The van der Waals surface area contributed by atoms with Crippen LogP contribution in [-0.2, 0) is 4.74 Å². The van der Waals surface area contributed by atoms with Gasteiger partial charge in [-0.15, -0.1) is 0 Å². The van der Waals surface area contributed by atoms with Gasteiger partial charge < -0.3 is 15.0 Å². The molecule has 15 heavy (non-hydrogen) atoms. The van der Waals surface area contributed by atoms with E-state index in [0.29, 0.717) is 6.04 Å². The Kier molecular flexibility index (Phi) is 5.95. The smallest absolute Gasteiger partial charge is 0.168 e. The first-order valence-corrected chi connectivity index (χ1v) is 6.15. The number of nitrogens with zero attached hydrogens (tertiary/aromatic N) is 1. The molecule has 0 unspecified atom stereocenters. The Morgan fingerprint density at radius 2 is 2.13 bits per heavy atom. The maximum Gasteiger partial charge on any atom is 0.168 e. The van der Waals surface area contributed by atoms with Crippen molar-refractivity contribution in [3.05, 3.63) is 0 Å². The van der Waals surface area contributed by atoms with Gasteiger partial charge in [-0.3, -0.25) is 0 Å². The molecule has 0 atom stereocenters. The van der Waals surface area contributed by atoms with Crippen molar-refractivity contribution in [2.45, 2.75) is 38.1 Å².